The second-order valence-electron chi connectivity index (χ2n) is 8.48. The van der Waals surface area contributed by atoms with Gasteiger partial charge < -0.3 is 9.67 Å². The Morgan fingerprint density at radius 2 is 1.64 bits per heavy atom. The van der Waals surface area contributed by atoms with Crippen molar-refractivity contribution < 1.29 is 13.9 Å². The van der Waals surface area contributed by atoms with E-state index >= 15 is 0 Å². The second-order valence-corrected chi connectivity index (χ2v) is 9.28. The molecule has 6 heteroatoms. The summed E-state index contributed by atoms with van der Waals surface area (Å²) in [6.07, 6.45) is 5.54. The highest BCUT2D eigenvalue weighted by Gasteiger charge is 2.41. The van der Waals surface area contributed by atoms with Crippen LogP contribution in [0.3, 0.4) is 0 Å². The maximum atomic E-state index is 13.8. The molecule has 1 fully saturated rings. The Balaban J connectivity index is 1.73. The Kier molecular flexibility index (Phi) is 4.92. The van der Waals surface area contributed by atoms with E-state index in [1.165, 1.54) is 30.7 Å². The fraction of sp³-hybridized carbons (Fsp3) is 0.455. The fourth-order valence-corrected chi connectivity index (χ4v) is 5.36. The molecule has 3 nitrogen and oxygen atoms in total. The van der Waals surface area contributed by atoms with E-state index in [1.54, 1.807) is 24.1 Å². The number of hydrogen-bond acceptors (Lipinski definition) is 3. The molecule has 0 saturated heterocycles. The summed E-state index contributed by atoms with van der Waals surface area (Å²) in [6, 6.07) is 9.10. The molecular formula is C22H26F2N2OS. The number of rotatable bonds is 6. The van der Waals surface area contributed by atoms with E-state index in [-0.39, 0.29) is 17.2 Å². The molecule has 1 aliphatic rings. The molecule has 1 N–H and O–H groups in total. The summed E-state index contributed by atoms with van der Waals surface area (Å²) in [6.45, 7) is 4.95. The minimum absolute atomic E-state index is 0.122. The van der Waals surface area contributed by atoms with Gasteiger partial charge in [0.25, 0.3) is 0 Å². The predicted molar refractivity (Wildman–Crippen MR) is 112 cm³/mol. The van der Waals surface area contributed by atoms with Crippen LogP contribution in [0.25, 0.3) is 21.8 Å². The summed E-state index contributed by atoms with van der Waals surface area (Å²) in [5.74, 6) is -0.705. The van der Waals surface area contributed by atoms with Crippen molar-refractivity contribution in [1.82, 2.24) is 8.87 Å². The molecule has 1 atom stereocenters. The molecule has 0 bridgehead atoms. The van der Waals surface area contributed by atoms with E-state index in [4.69, 9.17) is 0 Å². The smallest absolute Gasteiger partial charge is 0.123 e. The van der Waals surface area contributed by atoms with Crippen molar-refractivity contribution in [1.29, 1.82) is 0 Å². The lowest BCUT2D eigenvalue weighted by Gasteiger charge is -2.48. The van der Waals surface area contributed by atoms with Gasteiger partial charge in [0.05, 0.1) is 12.1 Å². The summed E-state index contributed by atoms with van der Waals surface area (Å²) in [5, 5.41) is 12.6. The minimum Gasteiger partial charge on any atom is -0.387 e. The zero-order valence-electron chi connectivity index (χ0n) is 16.5. The Morgan fingerprint density at radius 1 is 1.11 bits per heavy atom. The van der Waals surface area contributed by atoms with Gasteiger partial charge >= 0.3 is 0 Å². The summed E-state index contributed by atoms with van der Waals surface area (Å²) in [5.41, 5.74) is 0.723. The van der Waals surface area contributed by atoms with Crippen molar-refractivity contribution in [2.24, 2.45) is 0 Å². The molecule has 1 unspecified atom stereocenters. The number of aromatic nitrogens is 1. The van der Waals surface area contributed by atoms with Gasteiger partial charge in [-0.15, -0.1) is 0 Å². The fourth-order valence-electron chi connectivity index (χ4n) is 4.33. The first-order valence-electron chi connectivity index (χ1n) is 9.64. The van der Waals surface area contributed by atoms with Crippen LogP contribution in [0.5, 0.6) is 0 Å². The molecule has 1 saturated carbocycles. The third kappa shape index (κ3) is 3.42. The van der Waals surface area contributed by atoms with Gasteiger partial charge in [-0.3, -0.25) is 0 Å². The number of halogens is 2. The Morgan fingerprint density at radius 3 is 2.07 bits per heavy atom. The molecule has 0 radical (unpaired) electrons. The van der Waals surface area contributed by atoms with E-state index in [0.29, 0.717) is 23.9 Å². The zero-order valence-corrected chi connectivity index (χ0v) is 17.3. The zero-order chi connectivity index (χ0) is 20.1. The number of aliphatic hydroxyl groups is 1. The molecule has 1 heterocycles. The predicted octanol–water partition coefficient (Wildman–Crippen LogP) is 5.35. The lowest BCUT2D eigenvalue weighted by Crippen LogP contribution is -2.53. The molecule has 3 aromatic rings. The third-order valence-electron chi connectivity index (χ3n) is 6.03. The number of benzene rings is 2. The van der Waals surface area contributed by atoms with Gasteiger partial charge in [-0.05, 0) is 75.8 Å². The number of β-amino-alcohol motifs (C(OH)–C–C–N with tert-alkyl or cyclic N) is 1. The lowest BCUT2D eigenvalue weighted by atomic mass is 9.78. The molecule has 1 aromatic heterocycles. The average molecular weight is 405 g/mol. The standard InChI is InChI=1S/C22H26F2N2OS/c1-21(9-4-10-21)26(28-3)14-22(2,27)13-25-19-7-5-15(23)11-17(19)18-12-16(24)6-8-20(18)25/h5-8,11-12,27H,4,9-10,13-14H2,1-3H3. The van der Waals surface area contributed by atoms with Crippen LogP contribution in [0.15, 0.2) is 36.4 Å². The van der Waals surface area contributed by atoms with Gasteiger partial charge in [0.2, 0.25) is 0 Å². The van der Waals surface area contributed by atoms with Crippen LogP contribution in [0, 0.1) is 11.6 Å². The van der Waals surface area contributed by atoms with E-state index in [1.807, 2.05) is 17.7 Å². The van der Waals surface area contributed by atoms with Gasteiger partial charge in [-0.1, -0.05) is 11.9 Å². The monoisotopic (exact) mass is 404 g/mol. The molecule has 0 spiro atoms. The van der Waals surface area contributed by atoms with Crippen molar-refractivity contribution in [3.05, 3.63) is 48.0 Å². The Hall–Kier alpha value is -1.63. The van der Waals surface area contributed by atoms with Crippen LogP contribution in [-0.2, 0) is 6.54 Å². The number of nitrogens with zero attached hydrogens (tertiary/aromatic N) is 2. The van der Waals surface area contributed by atoms with Gasteiger partial charge in [-0.25, -0.2) is 13.1 Å². The summed E-state index contributed by atoms with van der Waals surface area (Å²) in [4.78, 5) is 0. The van der Waals surface area contributed by atoms with Crippen LogP contribution in [0.1, 0.15) is 33.1 Å². The summed E-state index contributed by atoms with van der Waals surface area (Å²) in [7, 11) is 0. The van der Waals surface area contributed by atoms with E-state index in [9.17, 15) is 13.9 Å². The SMILES string of the molecule is CSN(CC(C)(O)Cn1c2ccc(F)cc2c2cc(F)ccc21)C1(C)CCC1. The first-order valence-corrected chi connectivity index (χ1v) is 10.8. The lowest BCUT2D eigenvalue weighted by molar-refractivity contribution is -0.00642. The Bertz CT molecular complexity index is 967. The highest BCUT2D eigenvalue weighted by Crippen LogP contribution is 2.41. The normalized spacial score (nSPS) is 18.5. The molecule has 1 aliphatic carbocycles. The molecule has 0 amide bonds. The third-order valence-corrected chi connectivity index (χ3v) is 7.04. The Labute approximate surface area is 168 Å². The molecule has 2 aromatic carbocycles. The molecule has 0 aliphatic heterocycles. The van der Waals surface area contributed by atoms with Crippen molar-refractivity contribution >= 4 is 33.8 Å². The molecule has 28 heavy (non-hydrogen) atoms. The van der Waals surface area contributed by atoms with Crippen LogP contribution in [0.4, 0.5) is 8.78 Å². The first-order chi connectivity index (χ1) is 13.2. The number of fused-ring (bicyclic) bond motifs is 3. The quantitative estimate of drug-likeness (QED) is 0.562. The van der Waals surface area contributed by atoms with Crippen LogP contribution in [-0.4, -0.2) is 37.9 Å². The van der Waals surface area contributed by atoms with Gasteiger partial charge in [0.15, 0.2) is 0 Å². The van der Waals surface area contributed by atoms with Crippen LogP contribution >= 0.6 is 11.9 Å². The van der Waals surface area contributed by atoms with E-state index in [0.717, 1.165) is 23.9 Å². The molecule has 150 valence electrons. The second kappa shape index (κ2) is 7.01. The van der Waals surface area contributed by atoms with Gasteiger partial charge in [-0.2, -0.15) is 0 Å². The molecule has 4 rings (SSSR count). The maximum Gasteiger partial charge on any atom is 0.123 e. The number of hydrogen-bond donors (Lipinski definition) is 1. The average Bonchev–Trinajstić information content (AvgIpc) is 2.89. The molecular weight excluding hydrogens is 378 g/mol. The van der Waals surface area contributed by atoms with Gasteiger partial charge in [0, 0.05) is 33.9 Å². The minimum atomic E-state index is -0.997. The van der Waals surface area contributed by atoms with Gasteiger partial charge in [0.1, 0.15) is 11.6 Å². The maximum absolute atomic E-state index is 13.8. The van der Waals surface area contributed by atoms with Crippen molar-refractivity contribution in [3.63, 3.8) is 0 Å². The van der Waals surface area contributed by atoms with Crippen LogP contribution in [0.2, 0.25) is 0 Å². The first kappa shape index (κ1) is 19.7. The largest absolute Gasteiger partial charge is 0.387 e. The highest BCUT2D eigenvalue weighted by molar-refractivity contribution is 7.96. The van der Waals surface area contributed by atoms with Crippen molar-refractivity contribution in [2.75, 3.05) is 12.8 Å². The summed E-state index contributed by atoms with van der Waals surface area (Å²) < 4.78 is 31.9. The highest BCUT2D eigenvalue weighted by atomic mass is 32.2. The van der Waals surface area contributed by atoms with Crippen LogP contribution < -0.4 is 0 Å². The van der Waals surface area contributed by atoms with Crippen molar-refractivity contribution in [2.45, 2.75) is 50.8 Å². The van der Waals surface area contributed by atoms with Crippen molar-refractivity contribution in [3.8, 4) is 0 Å². The summed E-state index contributed by atoms with van der Waals surface area (Å²) >= 11 is 1.67. The van der Waals surface area contributed by atoms with E-state index < -0.39 is 5.60 Å². The topological polar surface area (TPSA) is 28.4 Å². The van der Waals surface area contributed by atoms with E-state index in [2.05, 4.69) is 11.2 Å².